The van der Waals surface area contributed by atoms with E-state index in [9.17, 15) is 19.5 Å². The number of hydrogen-bond acceptors (Lipinski definition) is 4. The second-order valence-corrected chi connectivity index (χ2v) is 8.27. The molecule has 2 atom stereocenters. The number of amides is 3. The molecule has 0 saturated heterocycles. The smallest absolute Gasteiger partial charge is 0.326 e. The van der Waals surface area contributed by atoms with Gasteiger partial charge in [-0.15, -0.1) is 0 Å². The van der Waals surface area contributed by atoms with Gasteiger partial charge in [0, 0.05) is 13.1 Å². The first kappa shape index (κ1) is 22.5. The zero-order chi connectivity index (χ0) is 20.5. The van der Waals surface area contributed by atoms with Crippen molar-refractivity contribution in [1.29, 1.82) is 0 Å². The number of hydrogen-bond donors (Lipinski definition) is 4. The van der Waals surface area contributed by atoms with Gasteiger partial charge in [0.1, 0.15) is 12.1 Å². The average Bonchev–Trinajstić information content (AvgIpc) is 3.51. The molecule has 0 aromatic heterocycles. The molecule has 8 nitrogen and oxygen atoms in total. The van der Waals surface area contributed by atoms with Crippen LogP contribution in [0.5, 0.6) is 0 Å². The third-order valence-corrected chi connectivity index (χ3v) is 5.89. The molecule has 8 heteroatoms. The Labute approximate surface area is 167 Å². The number of urea groups is 1. The highest BCUT2D eigenvalue weighted by atomic mass is 16.4. The molecule has 0 spiro atoms. The molecule has 0 unspecified atom stereocenters. The van der Waals surface area contributed by atoms with E-state index in [1.165, 1.54) is 19.3 Å². The van der Waals surface area contributed by atoms with Crippen molar-refractivity contribution in [3.05, 3.63) is 0 Å². The average molecular weight is 397 g/mol. The van der Waals surface area contributed by atoms with Gasteiger partial charge in [-0.2, -0.15) is 0 Å². The summed E-state index contributed by atoms with van der Waals surface area (Å²) >= 11 is 0. The van der Waals surface area contributed by atoms with E-state index in [1.54, 1.807) is 11.9 Å². The molecule has 2 aliphatic rings. The number of aliphatic carboxylic acids is 1. The molecule has 0 heterocycles. The fraction of sp³-hybridized carbons (Fsp3) is 0.850. The normalized spacial score (nSPS) is 19.5. The summed E-state index contributed by atoms with van der Waals surface area (Å²) in [5.41, 5.74) is 5.45. The number of carboxylic acid groups (broad SMARTS) is 1. The molecule has 2 fully saturated rings. The minimum absolute atomic E-state index is 0.0711. The Kier molecular flexibility index (Phi) is 9.02. The van der Waals surface area contributed by atoms with Gasteiger partial charge in [-0.1, -0.05) is 32.1 Å². The summed E-state index contributed by atoms with van der Waals surface area (Å²) < 4.78 is 0. The number of rotatable bonds is 11. The maximum Gasteiger partial charge on any atom is 0.326 e. The summed E-state index contributed by atoms with van der Waals surface area (Å²) in [4.78, 5) is 38.6. The van der Waals surface area contributed by atoms with Crippen LogP contribution in [0.25, 0.3) is 0 Å². The number of unbranched alkanes of at least 4 members (excludes halogenated alkanes) is 1. The third-order valence-electron chi connectivity index (χ3n) is 5.89. The van der Waals surface area contributed by atoms with Crippen LogP contribution in [-0.2, 0) is 9.59 Å². The van der Waals surface area contributed by atoms with Crippen molar-refractivity contribution in [1.82, 2.24) is 15.5 Å². The van der Waals surface area contributed by atoms with Gasteiger partial charge in [0.25, 0.3) is 0 Å². The molecule has 160 valence electrons. The van der Waals surface area contributed by atoms with Crippen LogP contribution in [0.4, 0.5) is 4.79 Å². The zero-order valence-corrected chi connectivity index (χ0v) is 17.0. The Bertz CT molecular complexity index is 532. The van der Waals surface area contributed by atoms with Crippen LogP contribution in [-0.4, -0.2) is 59.6 Å². The fourth-order valence-electron chi connectivity index (χ4n) is 3.97. The standard InChI is InChI=1S/C20H36N4O4/c1-24(15-10-11-15)18(25)17(13-14-7-3-2-4-8-14)23-20(28)22-16(19(26)27)9-5-6-12-21/h14-17H,2-13,21H2,1H3,(H,26,27)(H2,22,23,28)/t16-,17+/m0/s1. The maximum atomic E-state index is 12.9. The maximum absolute atomic E-state index is 12.9. The first-order valence-electron chi connectivity index (χ1n) is 10.7. The van der Waals surface area contributed by atoms with Crippen molar-refractivity contribution >= 4 is 17.9 Å². The molecule has 0 aromatic rings. The Balaban J connectivity index is 1.95. The van der Waals surface area contributed by atoms with E-state index in [2.05, 4.69) is 10.6 Å². The highest BCUT2D eigenvalue weighted by molar-refractivity contribution is 5.89. The van der Waals surface area contributed by atoms with Crippen LogP contribution >= 0.6 is 0 Å². The van der Waals surface area contributed by atoms with E-state index < -0.39 is 24.1 Å². The fourth-order valence-corrected chi connectivity index (χ4v) is 3.97. The Morgan fingerprint density at radius 2 is 1.68 bits per heavy atom. The quantitative estimate of drug-likeness (QED) is 0.397. The number of nitrogens with two attached hydrogens (primary N) is 1. The van der Waals surface area contributed by atoms with Gasteiger partial charge in [0.15, 0.2) is 0 Å². The predicted octanol–water partition coefficient (Wildman–Crippen LogP) is 1.83. The van der Waals surface area contributed by atoms with Gasteiger partial charge in [-0.25, -0.2) is 9.59 Å². The molecule has 2 saturated carbocycles. The number of carboxylic acids is 1. The van der Waals surface area contributed by atoms with Crippen LogP contribution < -0.4 is 16.4 Å². The lowest BCUT2D eigenvalue weighted by molar-refractivity contribution is -0.139. The summed E-state index contributed by atoms with van der Waals surface area (Å²) in [5, 5.41) is 14.6. The van der Waals surface area contributed by atoms with Gasteiger partial charge in [0.05, 0.1) is 0 Å². The summed E-state index contributed by atoms with van der Waals surface area (Å²) in [7, 11) is 1.79. The van der Waals surface area contributed by atoms with Crippen molar-refractivity contribution in [3.8, 4) is 0 Å². The van der Waals surface area contributed by atoms with E-state index in [1.807, 2.05) is 0 Å². The van der Waals surface area contributed by atoms with E-state index in [-0.39, 0.29) is 11.9 Å². The number of likely N-dealkylation sites (N-methyl/N-ethyl adjacent to an activating group) is 1. The molecule has 0 radical (unpaired) electrons. The molecular formula is C20H36N4O4. The molecule has 5 N–H and O–H groups in total. The molecule has 3 amide bonds. The lowest BCUT2D eigenvalue weighted by Crippen LogP contribution is -2.54. The van der Waals surface area contributed by atoms with Gasteiger partial charge >= 0.3 is 12.0 Å². The van der Waals surface area contributed by atoms with Gasteiger partial charge in [0.2, 0.25) is 5.91 Å². The largest absolute Gasteiger partial charge is 0.480 e. The van der Waals surface area contributed by atoms with Crippen molar-refractivity contribution in [2.45, 2.75) is 88.8 Å². The molecule has 2 aliphatic carbocycles. The van der Waals surface area contributed by atoms with Crippen LogP contribution in [0.2, 0.25) is 0 Å². The molecule has 0 bridgehead atoms. The highest BCUT2D eigenvalue weighted by Crippen LogP contribution is 2.30. The topological polar surface area (TPSA) is 125 Å². The van der Waals surface area contributed by atoms with Gasteiger partial charge in [-0.05, 0) is 51.0 Å². The summed E-state index contributed by atoms with van der Waals surface area (Å²) in [5.74, 6) is -0.717. The highest BCUT2D eigenvalue weighted by Gasteiger charge is 2.35. The number of nitrogens with zero attached hydrogens (tertiary/aromatic N) is 1. The Morgan fingerprint density at radius 3 is 2.25 bits per heavy atom. The van der Waals surface area contributed by atoms with E-state index in [4.69, 9.17) is 5.73 Å². The van der Waals surface area contributed by atoms with Crippen LogP contribution in [0.15, 0.2) is 0 Å². The first-order valence-corrected chi connectivity index (χ1v) is 10.7. The second kappa shape index (κ2) is 11.2. The predicted molar refractivity (Wildman–Crippen MR) is 107 cm³/mol. The number of carbonyl (C=O) groups is 3. The second-order valence-electron chi connectivity index (χ2n) is 8.27. The van der Waals surface area contributed by atoms with E-state index in [0.29, 0.717) is 38.1 Å². The van der Waals surface area contributed by atoms with Crippen molar-refractivity contribution in [2.75, 3.05) is 13.6 Å². The van der Waals surface area contributed by atoms with Crippen molar-refractivity contribution in [2.24, 2.45) is 11.7 Å². The monoisotopic (exact) mass is 396 g/mol. The van der Waals surface area contributed by atoms with Crippen LogP contribution in [0, 0.1) is 5.92 Å². The minimum atomic E-state index is -1.07. The molecular weight excluding hydrogens is 360 g/mol. The minimum Gasteiger partial charge on any atom is -0.480 e. The summed E-state index contributed by atoms with van der Waals surface area (Å²) in [6.07, 6.45) is 10.0. The number of nitrogens with one attached hydrogen (secondary N) is 2. The molecule has 28 heavy (non-hydrogen) atoms. The van der Waals surface area contributed by atoms with Gasteiger partial charge < -0.3 is 26.4 Å². The lowest BCUT2D eigenvalue weighted by Gasteiger charge is -2.30. The van der Waals surface area contributed by atoms with E-state index in [0.717, 1.165) is 25.7 Å². The SMILES string of the molecule is CN(C(=O)[C@@H](CC1CCCCC1)NC(=O)N[C@@H](CCCCN)C(=O)O)C1CC1. The summed E-state index contributed by atoms with van der Waals surface area (Å²) in [6, 6.07) is -1.89. The van der Waals surface area contributed by atoms with Gasteiger partial charge in [-0.3, -0.25) is 4.79 Å². The first-order chi connectivity index (χ1) is 13.4. The Morgan fingerprint density at radius 1 is 1.04 bits per heavy atom. The third kappa shape index (κ3) is 7.30. The van der Waals surface area contributed by atoms with Crippen molar-refractivity contribution in [3.63, 3.8) is 0 Å². The number of carbonyl (C=O) groups excluding carboxylic acids is 2. The van der Waals surface area contributed by atoms with Crippen LogP contribution in [0.1, 0.15) is 70.6 Å². The lowest BCUT2D eigenvalue weighted by atomic mass is 9.84. The van der Waals surface area contributed by atoms with Crippen LogP contribution in [0.3, 0.4) is 0 Å². The molecule has 0 aromatic carbocycles. The van der Waals surface area contributed by atoms with E-state index >= 15 is 0 Å². The summed E-state index contributed by atoms with van der Waals surface area (Å²) in [6.45, 7) is 0.490. The zero-order valence-electron chi connectivity index (χ0n) is 17.0. The van der Waals surface area contributed by atoms with Crippen molar-refractivity contribution < 1.29 is 19.5 Å². The molecule has 2 rings (SSSR count). The molecule has 0 aliphatic heterocycles. The Hall–Kier alpha value is -1.83.